The van der Waals surface area contributed by atoms with Crippen molar-refractivity contribution < 1.29 is 4.79 Å². The van der Waals surface area contributed by atoms with Gasteiger partial charge >= 0.3 is 0 Å². The fourth-order valence-electron chi connectivity index (χ4n) is 3.84. The second kappa shape index (κ2) is 9.94. The van der Waals surface area contributed by atoms with Crippen LogP contribution in [-0.4, -0.2) is 26.4 Å². The molecule has 9 heteroatoms. The molecule has 2 aromatic heterocycles. The van der Waals surface area contributed by atoms with Gasteiger partial charge in [-0.15, -0.1) is 21.5 Å². The monoisotopic (exact) mass is 494 g/mol. The Morgan fingerprint density at radius 3 is 2.81 bits per heavy atom. The average molecular weight is 496 g/mol. The lowest BCUT2D eigenvalue weighted by Gasteiger charge is -2.19. The van der Waals surface area contributed by atoms with Gasteiger partial charge in [0.05, 0.1) is 5.75 Å². The van der Waals surface area contributed by atoms with Crippen molar-refractivity contribution in [3.05, 3.63) is 44.1 Å². The molecule has 1 aromatic carbocycles. The van der Waals surface area contributed by atoms with Crippen LogP contribution in [0.2, 0.25) is 10.0 Å². The number of anilines is 1. The summed E-state index contributed by atoms with van der Waals surface area (Å²) in [7, 11) is 0. The van der Waals surface area contributed by atoms with Gasteiger partial charge in [0, 0.05) is 38.1 Å². The van der Waals surface area contributed by atoms with Gasteiger partial charge in [-0.3, -0.25) is 4.79 Å². The third kappa shape index (κ3) is 5.28. The Balaban J connectivity index is 1.50. The molecule has 5 nitrogen and oxygen atoms in total. The largest absolute Gasteiger partial charge is 0.325 e. The van der Waals surface area contributed by atoms with E-state index in [-0.39, 0.29) is 11.7 Å². The van der Waals surface area contributed by atoms with Crippen molar-refractivity contribution in [2.45, 2.75) is 51.2 Å². The summed E-state index contributed by atoms with van der Waals surface area (Å²) in [4.78, 5) is 13.9. The third-order valence-corrected chi connectivity index (χ3v) is 7.74. The molecule has 1 N–H and O–H groups in total. The summed E-state index contributed by atoms with van der Waals surface area (Å²) in [6.45, 7) is 5.27. The molecule has 31 heavy (non-hydrogen) atoms. The minimum absolute atomic E-state index is 0.141. The Labute approximate surface area is 200 Å². The highest BCUT2D eigenvalue weighted by Gasteiger charge is 2.24. The number of rotatable bonds is 7. The molecule has 1 aliphatic rings. The summed E-state index contributed by atoms with van der Waals surface area (Å²) >= 11 is 15.2. The number of carbonyl (C=O) groups excluding carboxylic acids is 1. The van der Waals surface area contributed by atoms with Gasteiger partial charge in [0.15, 0.2) is 11.0 Å². The van der Waals surface area contributed by atoms with E-state index in [0.29, 0.717) is 15.7 Å². The van der Waals surface area contributed by atoms with Crippen LogP contribution in [0.25, 0.3) is 11.4 Å². The number of nitrogens with one attached hydrogen (secondary N) is 1. The first-order chi connectivity index (χ1) is 14.9. The molecule has 0 saturated carbocycles. The lowest BCUT2D eigenvalue weighted by molar-refractivity contribution is -0.113. The van der Waals surface area contributed by atoms with E-state index in [0.717, 1.165) is 42.7 Å². The second-order valence-electron chi connectivity index (χ2n) is 7.85. The molecule has 2 heterocycles. The van der Waals surface area contributed by atoms with Crippen molar-refractivity contribution in [3.8, 4) is 11.4 Å². The molecule has 0 bridgehead atoms. The Morgan fingerprint density at radius 2 is 2.06 bits per heavy atom. The van der Waals surface area contributed by atoms with Gasteiger partial charge in [-0.1, -0.05) is 48.8 Å². The van der Waals surface area contributed by atoms with E-state index in [9.17, 15) is 4.79 Å². The second-order valence-corrected chi connectivity index (χ2v) is 10.6. The zero-order valence-corrected chi connectivity index (χ0v) is 20.6. The number of fused-ring (bicyclic) bond motifs is 1. The number of aromatic nitrogens is 3. The number of thioether (sulfide) groups is 1. The van der Waals surface area contributed by atoms with Crippen LogP contribution in [0, 0.1) is 5.92 Å². The zero-order chi connectivity index (χ0) is 22.0. The molecule has 1 aliphatic carbocycles. The van der Waals surface area contributed by atoms with E-state index in [1.165, 1.54) is 34.2 Å². The van der Waals surface area contributed by atoms with Crippen molar-refractivity contribution in [1.29, 1.82) is 0 Å². The summed E-state index contributed by atoms with van der Waals surface area (Å²) in [5.74, 6) is 1.74. The molecular formula is C22H24Cl2N4OS2. The van der Waals surface area contributed by atoms with Crippen LogP contribution in [0.1, 0.15) is 37.1 Å². The topological polar surface area (TPSA) is 59.8 Å². The minimum Gasteiger partial charge on any atom is -0.325 e. The van der Waals surface area contributed by atoms with E-state index in [1.807, 2.05) is 11.3 Å². The predicted octanol–water partition coefficient (Wildman–Crippen LogP) is 6.58. The highest BCUT2D eigenvalue weighted by atomic mass is 35.5. The smallest absolute Gasteiger partial charge is 0.234 e. The van der Waals surface area contributed by atoms with Crippen molar-refractivity contribution in [2.24, 2.45) is 5.92 Å². The first kappa shape index (κ1) is 22.6. The van der Waals surface area contributed by atoms with Gasteiger partial charge in [-0.05, 0) is 55.4 Å². The third-order valence-electron chi connectivity index (χ3n) is 5.29. The first-order valence-electron chi connectivity index (χ1n) is 10.4. The Morgan fingerprint density at radius 1 is 1.29 bits per heavy atom. The van der Waals surface area contributed by atoms with E-state index in [1.54, 1.807) is 18.2 Å². The fraction of sp³-hybridized carbons (Fsp3) is 0.409. The highest BCUT2D eigenvalue weighted by molar-refractivity contribution is 7.99. The molecule has 1 amide bonds. The molecule has 0 spiro atoms. The molecule has 3 aromatic rings. The van der Waals surface area contributed by atoms with Crippen molar-refractivity contribution in [3.63, 3.8) is 0 Å². The van der Waals surface area contributed by atoms with Crippen LogP contribution in [0.5, 0.6) is 0 Å². The quantitative estimate of drug-likeness (QED) is 0.376. The summed E-state index contributed by atoms with van der Waals surface area (Å²) in [5.41, 5.74) is 3.22. The number of nitrogens with zero attached hydrogens (tertiary/aromatic N) is 3. The molecule has 1 atom stereocenters. The molecule has 4 rings (SSSR count). The Bertz CT molecular complexity index is 1080. The molecule has 0 fully saturated rings. The number of hydrogen-bond donors (Lipinski definition) is 1. The van der Waals surface area contributed by atoms with Crippen molar-refractivity contribution >= 4 is 57.9 Å². The molecular weight excluding hydrogens is 471 g/mol. The van der Waals surface area contributed by atoms with Gasteiger partial charge in [-0.2, -0.15) is 0 Å². The molecule has 1 unspecified atom stereocenters. The summed E-state index contributed by atoms with van der Waals surface area (Å²) in [6, 6.07) is 4.98. The molecule has 0 saturated heterocycles. The molecule has 164 valence electrons. The standard InChI is InChI=1S/C22H24Cl2N4OS2/c1-3-6-28-21(18-11-30-19-7-13(2)4-5-17(18)19)26-27-22(28)31-12-20(29)25-16-9-14(23)8-15(24)10-16/h8-11,13H,3-7,12H2,1-2H3,(H,25,29). The van der Waals surface area contributed by atoms with Crippen LogP contribution in [-0.2, 0) is 24.2 Å². The van der Waals surface area contributed by atoms with Gasteiger partial charge in [-0.25, -0.2) is 0 Å². The summed E-state index contributed by atoms with van der Waals surface area (Å²) < 4.78 is 2.15. The summed E-state index contributed by atoms with van der Waals surface area (Å²) in [6.07, 6.45) is 4.43. The van der Waals surface area contributed by atoms with Gasteiger partial charge in [0.25, 0.3) is 0 Å². The Kier molecular flexibility index (Phi) is 7.26. The van der Waals surface area contributed by atoms with Crippen LogP contribution in [0.4, 0.5) is 5.69 Å². The minimum atomic E-state index is -0.141. The molecule has 0 aliphatic heterocycles. The average Bonchev–Trinajstić information content (AvgIpc) is 3.29. The van der Waals surface area contributed by atoms with Gasteiger partial charge in [0.2, 0.25) is 5.91 Å². The number of benzene rings is 1. The Hall–Kier alpha value is -1.54. The van der Waals surface area contributed by atoms with Crippen molar-refractivity contribution in [1.82, 2.24) is 14.8 Å². The lowest BCUT2D eigenvalue weighted by Crippen LogP contribution is -2.15. The maximum absolute atomic E-state index is 12.5. The van der Waals surface area contributed by atoms with Crippen LogP contribution in [0.3, 0.4) is 0 Å². The first-order valence-corrected chi connectivity index (χ1v) is 13.0. The van der Waals surface area contributed by atoms with E-state index in [4.69, 9.17) is 23.2 Å². The zero-order valence-electron chi connectivity index (χ0n) is 17.5. The SMILES string of the molecule is CCCn1c(SCC(=O)Nc2cc(Cl)cc(Cl)c2)nnc1-c1csc2c1CCC(C)C2. The summed E-state index contributed by atoms with van der Waals surface area (Å²) in [5, 5.41) is 15.7. The number of halogens is 2. The van der Waals surface area contributed by atoms with E-state index >= 15 is 0 Å². The fourth-order valence-corrected chi connectivity index (χ4v) is 6.37. The normalized spacial score (nSPS) is 15.7. The van der Waals surface area contributed by atoms with Crippen molar-refractivity contribution in [2.75, 3.05) is 11.1 Å². The van der Waals surface area contributed by atoms with Gasteiger partial charge in [0.1, 0.15) is 0 Å². The van der Waals surface area contributed by atoms with E-state index in [2.05, 4.69) is 39.3 Å². The number of amides is 1. The van der Waals surface area contributed by atoms with Gasteiger partial charge < -0.3 is 9.88 Å². The number of hydrogen-bond acceptors (Lipinski definition) is 5. The van der Waals surface area contributed by atoms with Crippen LogP contribution >= 0.6 is 46.3 Å². The molecule has 0 radical (unpaired) electrons. The number of thiophene rings is 1. The van der Waals surface area contributed by atoms with Crippen LogP contribution in [0.15, 0.2) is 28.7 Å². The number of carbonyl (C=O) groups is 1. The van der Waals surface area contributed by atoms with Crippen LogP contribution < -0.4 is 5.32 Å². The van der Waals surface area contributed by atoms with E-state index < -0.39 is 0 Å². The predicted molar refractivity (Wildman–Crippen MR) is 131 cm³/mol. The maximum Gasteiger partial charge on any atom is 0.234 e. The maximum atomic E-state index is 12.5. The highest BCUT2D eigenvalue weighted by Crippen LogP contribution is 2.38. The lowest BCUT2D eigenvalue weighted by atomic mass is 9.88.